The Kier molecular flexibility index (Phi) is 9.04. The first-order valence-corrected chi connectivity index (χ1v) is 18.4. The molecule has 0 radical (unpaired) electrons. The number of benzene rings is 2. The number of hydrogen-bond donors (Lipinski definition) is 2. The fourth-order valence-electron chi connectivity index (χ4n) is 5.45. The Bertz CT molecular complexity index is 1840. The number of imidazole rings is 2. The van der Waals surface area contributed by atoms with Crippen molar-refractivity contribution in [2.45, 2.75) is 84.3 Å². The van der Waals surface area contributed by atoms with Gasteiger partial charge in [-0.2, -0.15) is 0 Å². The van der Waals surface area contributed by atoms with Crippen molar-refractivity contribution in [3.63, 3.8) is 0 Å². The zero-order valence-electron chi connectivity index (χ0n) is 27.4. The highest BCUT2D eigenvalue weighted by Crippen LogP contribution is 2.39. The molecule has 0 aliphatic carbocycles. The molecule has 2 aromatic carbocycles. The SMILES string of the molecule is Cc1cn(CCCC(O[Si](C)(C)C(C)(C)C)n2cnc(C(N)=O)c2)c2cc(NC(=O)CCc3nc4ccccc4n3C)ccc12. The van der Waals surface area contributed by atoms with Gasteiger partial charge in [0.1, 0.15) is 17.7 Å². The Balaban J connectivity index is 1.27. The molecule has 3 N–H and O–H groups in total. The van der Waals surface area contributed by atoms with E-state index in [1.165, 1.54) is 5.56 Å². The highest BCUT2D eigenvalue weighted by atomic mass is 28.4. The molecular formula is C34H45N7O3Si. The Hall–Kier alpha value is -4.22. The summed E-state index contributed by atoms with van der Waals surface area (Å²) in [7, 11) is -0.130. The van der Waals surface area contributed by atoms with E-state index in [-0.39, 0.29) is 22.9 Å². The quantitative estimate of drug-likeness (QED) is 0.149. The van der Waals surface area contributed by atoms with Crippen LogP contribution in [0.1, 0.15) is 68.1 Å². The molecule has 5 rings (SSSR count). The van der Waals surface area contributed by atoms with Gasteiger partial charge >= 0.3 is 0 Å². The average Bonchev–Trinajstić information content (AvgIpc) is 3.67. The first-order chi connectivity index (χ1) is 21.2. The highest BCUT2D eigenvalue weighted by molar-refractivity contribution is 6.74. The van der Waals surface area contributed by atoms with Gasteiger partial charge in [0.05, 0.1) is 22.9 Å². The van der Waals surface area contributed by atoms with Gasteiger partial charge in [-0.3, -0.25) is 9.59 Å². The number of rotatable bonds is 12. The van der Waals surface area contributed by atoms with Crippen LogP contribution in [0.2, 0.25) is 18.1 Å². The molecule has 0 saturated heterocycles. The number of para-hydroxylation sites is 2. The normalized spacial score (nSPS) is 13.0. The Labute approximate surface area is 265 Å². The van der Waals surface area contributed by atoms with Crippen LogP contribution in [0.25, 0.3) is 21.9 Å². The van der Waals surface area contributed by atoms with E-state index in [0.29, 0.717) is 12.8 Å². The molecular weight excluding hydrogens is 583 g/mol. The van der Waals surface area contributed by atoms with E-state index in [1.54, 1.807) is 12.5 Å². The lowest BCUT2D eigenvalue weighted by atomic mass is 10.1. The highest BCUT2D eigenvalue weighted by Gasteiger charge is 2.39. The first-order valence-electron chi connectivity index (χ1n) is 15.5. The van der Waals surface area contributed by atoms with Crippen molar-refractivity contribution in [1.29, 1.82) is 0 Å². The first kappa shape index (κ1) is 32.2. The molecule has 3 heterocycles. The monoisotopic (exact) mass is 627 g/mol. The minimum absolute atomic E-state index is 0.0262. The molecule has 0 fully saturated rings. The van der Waals surface area contributed by atoms with E-state index in [9.17, 15) is 9.59 Å². The van der Waals surface area contributed by atoms with Gasteiger partial charge in [0, 0.05) is 49.9 Å². The molecule has 0 bridgehead atoms. The molecule has 1 unspecified atom stereocenters. The summed E-state index contributed by atoms with van der Waals surface area (Å²) >= 11 is 0. The van der Waals surface area contributed by atoms with Gasteiger partial charge in [0.15, 0.2) is 8.32 Å². The lowest BCUT2D eigenvalue weighted by Gasteiger charge is -2.39. The van der Waals surface area contributed by atoms with Gasteiger partial charge in [0.25, 0.3) is 5.91 Å². The van der Waals surface area contributed by atoms with Crippen molar-refractivity contribution in [2.75, 3.05) is 5.32 Å². The second-order valence-electron chi connectivity index (χ2n) is 13.4. The maximum atomic E-state index is 12.9. The summed E-state index contributed by atoms with van der Waals surface area (Å²) in [6, 6.07) is 14.1. The predicted octanol–water partition coefficient (Wildman–Crippen LogP) is 6.70. The minimum Gasteiger partial charge on any atom is -0.397 e. The number of fused-ring (bicyclic) bond motifs is 2. The lowest BCUT2D eigenvalue weighted by Crippen LogP contribution is -2.42. The molecule has 5 aromatic rings. The van der Waals surface area contributed by atoms with Crippen molar-refractivity contribution in [3.05, 3.63) is 78.3 Å². The number of nitrogens with two attached hydrogens (primary N) is 1. The van der Waals surface area contributed by atoms with Crippen molar-refractivity contribution in [1.82, 2.24) is 23.7 Å². The molecule has 2 amide bonds. The van der Waals surface area contributed by atoms with E-state index in [4.69, 9.17) is 15.1 Å². The molecule has 10 nitrogen and oxygen atoms in total. The fourth-order valence-corrected chi connectivity index (χ4v) is 6.72. The van der Waals surface area contributed by atoms with Gasteiger partial charge in [-0.15, -0.1) is 0 Å². The Morgan fingerprint density at radius 2 is 1.84 bits per heavy atom. The smallest absolute Gasteiger partial charge is 0.268 e. The molecule has 0 aliphatic heterocycles. The van der Waals surface area contributed by atoms with E-state index in [0.717, 1.165) is 52.8 Å². The number of carbonyl (C=O) groups is 2. The van der Waals surface area contributed by atoms with Crippen LogP contribution < -0.4 is 11.1 Å². The summed E-state index contributed by atoms with van der Waals surface area (Å²) in [6.45, 7) is 14.0. The van der Waals surface area contributed by atoms with Crippen molar-refractivity contribution >= 4 is 47.8 Å². The molecule has 3 aromatic heterocycles. The van der Waals surface area contributed by atoms with Crippen molar-refractivity contribution in [3.8, 4) is 0 Å². The molecule has 0 aliphatic rings. The summed E-state index contributed by atoms with van der Waals surface area (Å²) < 4.78 is 13.0. The van der Waals surface area contributed by atoms with E-state index in [2.05, 4.69) is 72.5 Å². The van der Waals surface area contributed by atoms with Crippen molar-refractivity contribution < 1.29 is 14.0 Å². The molecule has 238 valence electrons. The third-order valence-electron chi connectivity index (χ3n) is 9.09. The van der Waals surface area contributed by atoms with E-state index >= 15 is 0 Å². The number of aryl methyl sites for hydroxylation is 4. The number of primary amides is 1. The number of anilines is 1. The Morgan fingerprint density at radius 3 is 2.53 bits per heavy atom. The Morgan fingerprint density at radius 1 is 1.09 bits per heavy atom. The third-order valence-corrected chi connectivity index (χ3v) is 13.6. The number of nitrogens with one attached hydrogen (secondary N) is 1. The van der Waals surface area contributed by atoms with Crippen LogP contribution in [0.15, 0.2) is 61.2 Å². The van der Waals surface area contributed by atoms with Crippen LogP contribution in [0.4, 0.5) is 5.69 Å². The van der Waals surface area contributed by atoms with Crippen LogP contribution in [-0.2, 0) is 29.2 Å². The van der Waals surface area contributed by atoms with E-state index < -0.39 is 14.2 Å². The van der Waals surface area contributed by atoms with Crippen LogP contribution in [-0.4, -0.2) is 43.8 Å². The number of carbonyl (C=O) groups excluding carboxylic acids is 2. The molecule has 11 heteroatoms. The number of hydrogen-bond acceptors (Lipinski definition) is 5. The number of amides is 2. The van der Waals surface area contributed by atoms with Crippen LogP contribution >= 0.6 is 0 Å². The van der Waals surface area contributed by atoms with E-state index in [1.807, 2.05) is 48.0 Å². The van der Waals surface area contributed by atoms with Crippen LogP contribution in [0, 0.1) is 6.92 Å². The van der Waals surface area contributed by atoms with Crippen molar-refractivity contribution in [2.24, 2.45) is 12.8 Å². The maximum absolute atomic E-state index is 12.9. The summed E-state index contributed by atoms with van der Waals surface area (Å²) in [5.41, 5.74) is 10.7. The van der Waals surface area contributed by atoms with Gasteiger partial charge in [-0.05, 0) is 67.7 Å². The summed E-state index contributed by atoms with van der Waals surface area (Å²) in [4.78, 5) is 33.6. The van der Waals surface area contributed by atoms with Gasteiger partial charge in [-0.1, -0.05) is 39.0 Å². The predicted molar refractivity (Wildman–Crippen MR) is 182 cm³/mol. The molecule has 45 heavy (non-hydrogen) atoms. The maximum Gasteiger partial charge on any atom is 0.268 e. The second kappa shape index (κ2) is 12.6. The topological polar surface area (TPSA) is 122 Å². The van der Waals surface area contributed by atoms with Gasteiger partial charge in [-0.25, -0.2) is 9.97 Å². The fraction of sp³-hybridized carbons (Fsp3) is 0.412. The lowest BCUT2D eigenvalue weighted by molar-refractivity contribution is -0.116. The summed E-state index contributed by atoms with van der Waals surface area (Å²) in [5, 5.41) is 4.27. The molecule has 1 atom stereocenters. The average molecular weight is 628 g/mol. The zero-order valence-corrected chi connectivity index (χ0v) is 28.4. The minimum atomic E-state index is -2.12. The van der Waals surface area contributed by atoms with Gasteiger partial charge in [0.2, 0.25) is 5.91 Å². The second-order valence-corrected chi connectivity index (χ2v) is 18.2. The molecule has 0 saturated carbocycles. The largest absolute Gasteiger partial charge is 0.397 e. The third kappa shape index (κ3) is 7.04. The van der Waals surface area contributed by atoms with Crippen LogP contribution in [0.5, 0.6) is 0 Å². The standard InChI is InChI=1S/C34H45N7O3Si/c1-23-20-40(18-10-13-32(44-45(6,7)34(2,3)4)41-21-27(33(35)43)36-22-41)29-19-24(14-15-25(23)29)37-31(42)17-16-30-38-26-11-8-9-12-28(26)39(30)5/h8-9,11-12,14-15,19-22,32H,10,13,16-18H2,1-7H3,(H2,35,43)(H,37,42). The van der Waals surface area contributed by atoms with Crippen LogP contribution in [0.3, 0.4) is 0 Å². The van der Waals surface area contributed by atoms with Gasteiger partial charge < -0.3 is 29.2 Å². The summed E-state index contributed by atoms with van der Waals surface area (Å²) in [6.07, 6.45) is 7.69. The zero-order chi connectivity index (χ0) is 32.5. The number of nitrogens with zero attached hydrogens (tertiary/aromatic N) is 5. The number of aromatic nitrogens is 5. The summed E-state index contributed by atoms with van der Waals surface area (Å²) in [5.74, 6) is 0.295. The molecule has 0 spiro atoms.